The molecule has 160 valence electrons. The van der Waals surface area contributed by atoms with Gasteiger partial charge < -0.3 is 9.47 Å². The highest BCUT2D eigenvalue weighted by Gasteiger charge is 2.18. The Labute approximate surface area is 178 Å². The number of ether oxygens (including phenoxy) is 2. The molecule has 7 nitrogen and oxygen atoms in total. The van der Waals surface area contributed by atoms with E-state index in [2.05, 4.69) is 44.6 Å². The third-order valence-corrected chi connectivity index (χ3v) is 4.97. The van der Waals surface area contributed by atoms with Crippen LogP contribution in [0.5, 0.6) is 11.5 Å². The average molecular weight is 411 g/mol. The Bertz CT molecular complexity index is 834. The van der Waals surface area contributed by atoms with Crippen LogP contribution in [0.15, 0.2) is 53.6 Å². The van der Waals surface area contributed by atoms with Crippen molar-refractivity contribution in [2.75, 3.05) is 46.4 Å². The zero-order valence-corrected chi connectivity index (χ0v) is 17.7. The molecule has 7 heteroatoms. The molecule has 2 aromatic carbocycles. The Kier molecular flexibility index (Phi) is 8.23. The summed E-state index contributed by atoms with van der Waals surface area (Å²) in [4.78, 5) is 16.8. The second kappa shape index (κ2) is 11.3. The molecule has 1 amide bonds. The molecule has 1 fully saturated rings. The zero-order chi connectivity index (χ0) is 21.2. The van der Waals surface area contributed by atoms with Crippen molar-refractivity contribution in [1.29, 1.82) is 0 Å². The molecule has 1 aliphatic rings. The molecule has 0 bridgehead atoms. The summed E-state index contributed by atoms with van der Waals surface area (Å²) in [6, 6.07) is 16.0. The van der Waals surface area contributed by atoms with Crippen LogP contribution >= 0.6 is 0 Å². The van der Waals surface area contributed by atoms with Crippen molar-refractivity contribution in [3.05, 3.63) is 59.7 Å². The normalized spacial score (nSPS) is 15.3. The molecule has 3 rings (SSSR count). The molecule has 0 aromatic heterocycles. The van der Waals surface area contributed by atoms with Gasteiger partial charge in [-0.2, -0.15) is 5.10 Å². The average Bonchev–Trinajstić information content (AvgIpc) is 2.77. The van der Waals surface area contributed by atoms with Crippen molar-refractivity contribution < 1.29 is 14.3 Å². The Balaban J connectivity index is 1.41. The highest BCUT2D eigenvalue weighted by Crippen LogP contribution is 2.27. The number of nitrogens with one attached hydrogen (secondary N) is 1. The lowest BCUT2D eigenvalue weighted by molar-refractivity contribution is -0.122. The van der Waals surface area contributed by atoms with Crippen LogP contribution in [0.1, 0.15) is 18.1 Å². The number of nitrogens with zero attached hydrogens (tertiary/aromatic N) is 3. The van der Waals surface area contributed by atoms with Crippen molar-refractivity contribution in [1.82, 2.24) is 15.2 Å². The van der Waals surface area contributed by atoms with Crippen LogP contribution in [0.25, 0.3) is 0 Å². The van der Waals surface area contributed by atoms with Gasteiger partial charge in [0, 0.05) is 32.7 Å². The van der Waals surface area contributed by atoms with Gasteiger partial charge >= 0.3 is 0 Å². The highest BCUT2D eigenvalue weighted by molar-refractivity contribution is 5.83. The van der Waals surface area contributed by atoms with Gasteiger partial charge in [0.25, 0.3) is 5.91 Å². The number of hydrogen-bond acceptors (Lipinski definition) is 6. The molecule has 0 spiro atoms. The van der Waals surface area contributed by atoms with E-state index in [0.29, 0.717) is 24.7 Å². The number of carbonyl (C=O) groups is 1. The fourth-order valence-corrected chi connectivity index (χ4v) is 3.40. The fourth-order valence-electron chi connectivity index (χ4n) is 3.40. The first kappa shape index (κ1) is 21.8. The molecule has 1 aliphatic heterocycles. The van der Waals surface area contributed by atoms with E-state index < -0.39 is 0 Å². The Hall–Kier alpha value is -2.90. The number of methoxy groups -OCH3 is 1. The molecular formula is C23H30N4O3. The fraction of sp³-hybridized carbons (Fsp3) is 0.391. The van der Waals surface area contributed by atoms with E-state index in [0.717, 1.165) is 38.3 Å². The van der Waals surface area contributed by atoms with E-state index in [1.165, 1.54) is 5.56 Å². The molecule has 1 heterocycles. The van der Waals surface area contributed by atoms with E-state index >= 15 is 0 Å². The maximum absolute atomic E-state index is 12.2. The minimum absolute atomic E-state index is 0.110. The Morgan fingerprint density at radius 1 is 1.07 bits per heavy atom. The van der Waals surface area contributed by atoms with Crippen molar-refractivity contribution >= 4 is 12.1 Å². The predicted molar refractivity (Wildman–Crippen MR) is 118 cm³/mol. The highest BCUT2D eigenvalue weighted by atomic mass is 16.5. The van der Waals surface area contributed by atoms with Crippen LogP contribution in [-0.2, 0) is 11.3 Å². The van der Waals surface area contributed by atoms with E-state index in [1.54, 1.807) is 13.3 Å². The van der Waals surface area contributed by atoms with Crippen molar-refractivity contribution in [2.45, 2.75) is 13.5 Å². The first-order valence-electron chi connectivity index (χ1n) is 10.3. The predicted octanol–water partition coefficient (Wildman–Crippen LogP) is 2.36. The monoisotopic (exact) mass is 410 g/mol. The molecule has 0 atom stereocenters. The first-order chi connectivity index (χ1) is 14.7. The second-order valence-electron chi connectivity index (χ2n) is 7.17. The molecule has 1 N–H and O–H groups in total. The molecule has 0 radical (unpaired) electrons. The maximum Gasteiger partial charge on any atom is 0.254 e. The van der Waals surface area contributed by atoms with Crippen LogP contribution in [0.2, 0.25) is 0 Å². The van der Waals surface area contributed by atoms with Crippen molar-refractivity contribution in [2.24, 2.45) is 5.10 Å². The second-order valence-corrected chi connectivity index (χ2v) is 7.17. The number of carbonyl (C=O) groups excluding carboxylic acids is 1. The third kappa shape index (κ3) is 6.57. The van der Waals surface area contributed by atoms with E-state index in [9.17, 15) is 4.79 Å². The third-order valence-electron chi connectivity index (χ3n) is 4.97. The SMILES string of the molecule is CCOc1ccc(C=NNC(=O)CN2CCN(Cc3ccccc3)CC2)cc1OC. The van der Waals surface area contributed by atoms with Crippen LogP contribution in [-0.4, -0.2) is 68.4 Å². The molecule has 0 unspecified atom stereocenters. The maximum atomic E-state index is 12.2. The largest absolute Gasteiger partial charge is 0.493 e. The number of piperazine rings is 1. The van der Waals surface area contributed by atoms with E-state index in [1.807, 2.05) is 31.2 Å². The summed E-state index contributed by atoms with van der Waals surface area (Å²) in [5.41, 5.74) is 4.76. The van der Waals surface area contributed by atoms with E-state index in [4.69, 9.17) is 9.47 Å². The number of benzene rings is 2. The lowest BCUT2D eigenvalue weighted by atomic mass is 10.2. The summed E-state index contributed by atoms with van der Waals surface area (Å²) in [7, 11) is 1.60. The van der Waals surface area contributed by atoms with Gasteiger partial charge in [0.1, 0.15) is 0 Å². The lowest BCUT2D eigenvalue weighted by Gasteiger charge is -2.34. The number of rotatable bonds is 9. The Morgan fingerprint density at radius 3 is 2.50 bits per heavy atom. The van der Waals surface area contributed by atoms with Gasteiger partial charge in [-0.3, -0.25) is 14.6 Å². The standard InChI is InChI=1S/C23H30N4O3/c1-3-30-21-10-9-20(15-22(21)29-2)16-24-25-23(28)18-27-13-11-26(12-14-27)17-19-7-5-4-6-8-19/h4-10,15-16H,3,11-14,17-18H2,1-2H3,(H,25,28). The first-order valence-corrected chi connectivity index (χ1v) is 10.3. The summed E-state index contributed by atoms with van der Waals surface area (Å²) in [6.07, 6.45) is 1.61. The van der Waals surface area contributed by atoms with Crippen molar-refractivity contribution in [3.63, 3.8) is 0 Å². The molecular weight excluding hydrogens is 380 g/mol. The zero-order valence-electron chi connectivity index (χ0n) is 17.7. The Morgan fingerprint density at radius 2 is 1.80 bits per heavy atom. The van der Waals surface area contributed by atoms with E-state index in [-0.39, 0.29) is 5.91 Å². The summed E-state index contributed by atoms with van der Waals surface area (Å²) in [6.45, 7) is 7.46. The molecule has 2 aromatic rings. The van der Waals surface area contributed by atoms with Gasteiger partial charge in [-0.1, -0.05) is 30.3 Å². The van der Waals surface area contributed by atoms with Gasteiger partial charge in [-0.25, -0.2) is 5.43 Å². The molecule has 0 saturated carbocycles. The summed E-state index contributed by atoms with van der Waals surface area (Å²) >= 11 is 0. The van der Waals surface area contributed by atoms with Gasteiger partial charge in [-0.15, -0.1) is 0 Å². The minimum atomic E-state index is -0.110. The van der Waals surface area contributed by atoms with Crippen LogP contribution < -0.4 is 14.9 Å². The van der Waals surface area contributed by atoms with Crippen LogP contribution in [0.4, 0.5) is 0 Å². The topological polar surface area (TPSA) is 66.4 Å². The van der Waals surface area contributed by atoms with Gasteiger partial charge in [0.2, 0.25) is 0 Å². The number of hydrazone groups is 1. The molecule has 1 saturated heterocycles. The summed E-state index contributed by atoms with van der Waals surface area (Å²) < 4.78 is 10.8. The van der Waals surface area contributed by atoms with Gasteiger partial charge in [0.15, 0.2) is 11.5 Å². The lowest BCUT2D eigenvalue weighted by Crippen LogP contribution is -2.48. The molecule has 30 heavy (non-hydrogen) atoms. The quantitative estimate of drug-likeness (QED) is 0.508. The smallest absolute Gasteiger partial charge is 0.254 e. The van der Waals surface area contributed by atoms with Crippen LogP contribution in [0.3, 0.4) is 0 Å². The van der Waals surface area contributed by atoms with Crippen molar-refractivity contribution in [3.8, 4) is 11.5 Å². The van der Waals surface area contributed by atoms with Gasteiger partial charge in [-0.05, 0) is 36.2 Å². The van der Waals surface area contributed by atoms with Crippen LogP contribution in [0, 0.1) is 0 Å². The summed E-state index contributed by atoms with van der Waals surface area (Å²) in [5, 5.41) is 4.07. The summed E-state index contributed by atoms with van der Waals surface area (Å²) in [5.74, 6) is 1.22. The minimum Gasteiger partial charge on any atom is -0.493 e. The van der Waals surface area contributed by atoms with Gasteiger partial charge in [0.05, 0.1) is 26.5 Å². The number of amides is 1. The number of hydrogen-bond donors (Lipinski definition) is 1. The molecule has 0 aliphatic carbocycles.